The summed E-state index contributed by atoms with van der Waals surface area (Å²) in [6.07, 6.45) is 5.25. The molecule has 1 saturated heterocycles. The molecular weight excluding hydrogens is 392 g/mol. The van der Waals surface area contributed by atoms with Crippen molar-refractivity contribution in [3.05, 3.63) is 47.2 Å². The van der Waals surface area contributed by atoms with Gasteiger partial charge in [-0.2, -0.15) is 0 Å². The van der Waals surface area contributed by atoms with Crippen molar-refractivity contribution in [2.24, 2.45) is 0 Å². The van der Waals surface area contributed by atoms with Crippen LogP contribution in [0.2, 0.25) is 0 Å². The summed E-state index contributed by atoms with van der Waals surface area (Å²) in [6.45, 7) is 6.87. The number of carbonyl (C=O) groups excluding carboxylic acids is 2. The fourth-order valence-electron chi connectivity index (χ4n) is 4.95. The zero-order valence-corrected chi connectivity index (χ0v) is 18.5. The first-order valence-corrected chi connectivity index (χ1v) is 11.3. The first-order chi connectivity index (χ1) is 15.0. The summed E-state index contributed by atoms with van der Waals surface area (Å²) >= 11 is 0. The lowest BCUT2D eigenvalue weighted by Gasteiger charge is -2.43. The Kier molecular flexibility index (Phi) is 6.41. The molecule has 7 nitrogen and oxygen atoms in total. The number of aromatic nitrogens is 1. The summed E-state index contributed by atoms with van der Waals surface area (Å²) in [5.74, 6) is 1.25. The Bertz CT molecular complexity index is 924. The summed E-state index contributed by atoms with van der Waals surface area (Å²) in [5.41, 5.74) is 1.98. The van der Waals surface area contributed by atoms with Crippen LogP contribution in [0.5, 0.6) is 0 Å². The number of amides is 2. The van der Waals surface area contributed by atoms with Gasteiger partial charge in [0.1, 0.15) is 5.76 Å². The van der Waals surface area contributed by atoms with Crippen molar-refractivity contribution in [3.63, 3.8) is 0 Å². The maximum atomic E-state index is 13.8. The molecule has 166 valence electrons. The van der Waals surface area contributed by atoms with Gasteiger partial charge < -0.3 is 14.7 Å². The average Bonchev–Trinajstić information content (AvgIpc) is 3.18. The molecule has 1 aromatic heterocycles. The van der Waals surface area contributed by atoms with E-state index in [1.54, 1.807) is 13.0 Å². The molecule has 0 spiro atoms. The molecule has 0 radical (unpaired) electrons. The molecule has 1 aromatic carbocycles. The van der Waals surface area contributed by atoms with E-state index in [2.05, 4.69) is 46.6 Å². The molecule has 2 aromatic rings. The molecule has 4 rings (SSSR count). The minimum atomic E-state index is -0.394. The first kappa shape index (κ1) is 21.6. The van der Waals surface area contributed by atoms with Crippen LogP contribution >= 0.6 is 0 Å². The number of piperazine rings is 1. The van der Waals surface area contributed by atoms with Crippen molar-refractivity contribution in [2.45, 2.75) is 51.4 Å². The van der Waals surface area contributed by atoms with Gasteiger partial charge in [-0.25, -0.2) is 0 Å². The van der Waals surface area contributed by atoms with E-state index in [0.717, 1.165) is 25.7 Å². The van der Waals surface area contributed by atoms with Gasteiger partial charge in [0.05, 0.1) is 12.0 Å². The standard InChI is InChI=1S/C24H32N4O3/c1-18-7-6-8-20(15-18)24(9-4-3-5-10-24)23(30)28-13-11-27(12-14-28)17-22(29)25-21-16-19(2)31-26-21/h6-8,15-16H,3-5,9-14,17H2,1-2H3,(H,25,26,29). The minimum Gasteiger partial charge on any atom is -0.360 e. The Morgan fingerprint density at radius 1 is 1.06 bits per heavy atom. The molecule has 1 saturated carbocycles. The van der Waals surface area contributed by atoms with Gasteiger partial charge in [-0.05, 0) is 32.3 Å². The van der Waals surface area contributed by atoms with Gasteiger partial charge in [0.2, 0.25) is 11.8 Å². The Morgan fingerprint density at radius 3 is 2.45 bits per heavy atom. The predicted octanol–water partition coefficient (Wildman–Crippen LogP) is 3.28. The number of rotatable bonds is 5. The highest BCUT2D eigenvalue weighted by molar-refractivity contribution is 5.91. The molecule has 31 heavy (non-hydrogen) atoms. The van der Waals surface area contributed by atoms with E-state index in [1.165, 1.54) is 17.5 Å². The molecule has 1 aliphatic carbocycles. The molecule has 0 atom stereocenters. The predicted molar refractivity (Wildman–Crippen MR) is 119 cm³/mol. The molecule has 1 N–H and O–H groups in total. The number of carbonyl (C=O) groups is 2. The third kappa shape index (κ3) is 4.82. The van der Waals surface area contributed by atoms with Crippen molar-refractivity contribution >= 4 is 17.6 Å². The van der Waals surface area contributed by atoms with Gasteiger partial charge in [-0.1, -0.05) is 54.2 Å². The van der Waals surface area contributed by atoms with Gasteiger partial charge in [0.25, 0.3) is 0 Å². The average molecular weight is 425 g/mol. The zero-order valence-electron chi connectivity index (χ0n) is 18.5. The van der Waals surface area contributed by atoms with Gasteiger partial charge in [-0.15, -0.1) is 0 Å². The second-order valence-electron chi connectivity index (χ2n) is 8.95. The number of anilines is 1. The van der Waals surface area contributed by atoms with E-state index >= 15 is 0 Å². The number of nitrogens with zero attached hydrogens (tertiary/aromatic N) is 3. The Labute approximate surface area is 183 Å². The van der Waals surface area contributed by atoms with Gasteiger partial charge in [0.15, 0.2) is 5.82 Å². The molecule has 2 aliphatic rings. The monoisotopic (exact) mass is 424 g/mol. The van der Waals surface area contributed by atoms with Crippen LogP contribution in [0, 0.1) is 13.8 Å². The second kappa shape index (κ2) is 9.22. The molecule has 2 fully saturated rings. The van der Waals surface area contributed by atoms with Crippen LogP contribution in [0.25, 0.3) is 0 Å². The summed E-state index contributed by atoms with van der Waals surface area (Å²) in [7, 11) is 0. The zero-order chi connectivity index (χ0) is 21.8. The van der Waals surface area contributed by atoms with E-state index in [4.69, 9.17) is 4.52 Å². The molecule has 7 heteroatoms. The maximum absolute atomic E-state index is 13.8. The topological polar surface area (TPSA) is 78.7 Å². The van der Waals surface area contributed by atoms with Crippen molar-refractivity contribution in [3.8, 4) is 0 Å². The van der Waals surface area contributed by atoms with E-state index < -0.39 is 5.41 Å². The summed E-state index contributed by atoms with van der Waals surface area (Å²) in [4.78, 5) is 30.2. The van der Waals surface area contributed by atoms with Crippen molar-refractivity contribution in [1.29, 1.82) is 0 Å². The molecule has 1 aliphatic heterocycles. The quantitative estimate of drug-likeness (QED) is 0.797. The van der Waals surface area contributed by atoms with Crippen LogP contribution < -0.4 is 5.32 Å². The molecule has 0 unspecified atom stereocenters. The van der Waals surface area contributed by atoms with Crippen LogP contribution in [-0.2, 0) is 15.0 Å². The van der Waals surface area contributed by atoms with Crippen LogP contribution in [0.1, 0.15) is 49.0 Å². The largest absolute Gasteiger partial charge is 0.360 e. The Balaban J connectivity index is 1.37. The van der Waals surface area contributed by atoms with Crippen LogP contribution in [0.3, 0.4) is 0 Å². The van der Waals surface area contributed by atoms with Crippen molar-refractivity contribution in [2.75, 3.05) is 38.0 Å². The highest BCUT2D eigenvalue weighted by Gasteiger charge is 2.44. The number of benzene rings is 1. The Hall–Kier alpha value is -2.67. The van der Waals surface area contributed by atoms with Crippen molar-refractivity contribution in [1.82, 2.24) is 15.0 Å². The van der Waals surface area contributed by atoms with Gasteiger partial charge in [0, 0.05) is 32.2 Å². The number of nitrogens with one attached hydrogen (secondary N) is 1. The van der Waals surface area contributed by atoms with Gasteiger partial charge in [-0.3, -0.25) is 14.5 Å². The molecule has 0 bridgehead atoms. The lowest BCUT2D eigenvalue weighted by Crippen LogP contribution is -2.55. The fraction of sp³-hybridized carbons (Fsp3) is 0.542. The second-order valence-corrected chi connectivity index (χ2v) is 8.95. The Morgan fingerprint density at radius 2 is 1.81 bits per heavy atom. The summed E-state index contributed by atoms with van der Waals surface area (Å²) < 4.78 is 4.98. The summed E-state index contributed by atoms with van der Waals surface area (Å²) in [6, 6.07) is 10.2. The molecule has 2 heterocycles. The van der Waals surface area contributed by atoms with Crippen LogP contribution in [0.15, 0.2) is 34.9 Å². The number of hydrogen-bond acceptors (Lipinski definition) is 5. The summed E-state index contributed by atoms with van der Waals surface area (Å²) in [5, 5.41) is 6.56. The maximum Gasteiger partial charge on any atom is 0.239 e. The molecule has 2 amide bonds. The first-order valence-electron chi connectivity index (χ1n) is 11.3. The lowest BCUT2D eigenvalue weighted by atomic mass is 9.68. The number of aryl methyl sites for hydroxylation is 2. The van der Waals surface area contributed by atoms with Crippen molar-refractivity contribution < 1.29 is 14.1 Å². The smallest absolute Gasteiger partial charge is 0.239 e. The van der Waals surface area contributed by atoms with E-state index in [0.29, 0.717) is 37.8 Å². The number of hydrogen-bond donors (Lipinski definition) is 1. The SMILES string of the molecule is Cc1cccc(C2(C(=O)N3CCN(CC(=O)Nc4cc(C)on4)CC3)CCCCC2)c1. The van der Waals surface area contributed by atoms with Gasteiger partial charge >= 0.3 is 0 Å². The minimum absolute atomic E-state index is 0.114. The lowest BCUT2D eigenvalue weighted by molar-refractivity contribution is -0.140. The van der Waals surface area contributed by atoms with Crippen LogP contribution in [-0.4, -0.2) is 59.5 Å². The highest BCUT2D eigenvalue weighted by Crippen LogP contribution is 2.41. The fourth-order valence-corrected chi connectivity index (χ4v) is 4.95. The highest BCUT2D eigenvalue weighted by atomic mass is 16.5. The third-order valence-corrected chi connectivity index (χ3v) is 6.61. The van der Waals surface area contributed by atoms with Crippen LogP contribution in [0.4, 0.5) is 5.82 Å². The molecular formula is C24H32N4O3. The van der Waals surface area contributed by atoms with E-state index in [-0.39, 0.29) is 18.4 Å². The van der Waals surface area contributed by atoms with E-state index in [9.17, 15) is 9.59 Å². The normalized spacial score (nSPS) is 19.2. The third-order valence-electron chi connectivity index (χ3n) is 6.61. The van der Waals surface area contributed by atoms with E-state index in [1.807, 2.05) is 4.90 Å².